The van der Waals surface area contributed by atoms with Crippen LogP contribution in [-0.4, -0.2) is 13.4 Å². The number of aromatic nitrogens is 1. The second-order valence-corrected chi connectivity index (χ2v) is 6.26. The summed E-state index contributed by atoms with van der Waals surface area (Å²) < 4.78 is 39.8. The van der Waals surface area contributed by atoms with Crippen LogP contribution < -0.4 is 16.0 Å². The SMILES string of the molecule is NNc1cccnc1S(=O)(=O)Nc1c(Cl)cc(F)cc1Cl. The Labute approximate surface area is 130 Å². The third-order valence-corrected chi connectivity index (χ3v) is 4.33. The Hall–Kier alpha value is -1.61. The summed E-state index contributed by atoms with van der Waals surface area (Å²) in [6.45, 7) is 0. The van der Waals surface area contributed by atoms with Gasteiger partial charge in [-0.25, -0.2) is 9.37 Å². The summed E-state index contributed by atoms with van der Waals surface area (Å²) in [6, 6.07) is 4.80. The standard InChI is InChI=1S/C11H9Cl2FN4O2S/c12-7-4-6(14)5-8(13)10(7)18-21(19,20)11-9(17-15)2-1-3-16-11/h1-5,17-18H,15H2. The fourth-order valence-electron chi connectivity index (χ4n) is 1.54. The van der Waals surface area contributed by atoms with Gasteiger partial charge in [-0.1, -0.05) is 23.2 Å². The summed E-state index contributed by atoms with van der Waals surface area (Å²) in [4.78, 5) is 3.74. The molecule has 0 saturated carbocycles. The van der Waals surface area contributed by atoms with E-state index >= 15 is 0 Å². The molecule has 0 aliphatic carbocycles. The number of pyridine rings is 1. The minimum atomic E-state index is -4.11. The van der Waals surface area contributed by atoms with Crippen LogP contribution in [0.2, 0.25) is 10.0 Å². The van der Waals surface area contributed by atoms with Crippen molar-refractivity contribution >= 4 is 44.6 Å². The van der Waals surface area contributed by atoms with Crippen LogP contribution >= 0.6 is 23.2 Å². The van der Waals surface area contributed by atoms with E-state index in [1.165, 1.54) is 18.3 Å². The lowest BCUT2D eigenvalue weighted by Crippen LogP contribution is -2.19. The highest BCUT2D eigenvalue weighted by Crippen LogP contribution is 2.33. The number of hydrogen-bond acceptors (Lipinski definition) is 5. The molecule has 0 aliphatic heterocycles. The molecule has 1 heterocycles. The van der Waals surface area contributed by atoms with E-state index < -0.39 is 15.8 Å². The number of nitrogens with two attached hydrogens (primary N) is 1. The quantitative estimate of drug-likeness (QED) is 0.581. The second kappa shape index (κ2) is 6.02. The van der Waals surface area contributed by atoms with E-state index in [2.05, 4.69) is 15.1 Å². The Bertz CT molecular complexity index is 763. The number of nitrogen functional groups attached to an aromatic ring is 1. The molecule has 4 N–H and O–H groups in total. The first kappa shape index (κ1) is 15.8. The van der Waals surface area contributed by atoms with E-state index in [9.17, 15) is 12.8 Å². The van der Waals surface area contributed by atoms with Crippen molar-refractivity contribution in [1.82, 2.24) is 4.98 Å². The number of nitrogens with one attached hydrogen (secondary N) is 2. The van der Waals surface area contributed by atoms with E-state index in [1.54, 1.807) is 0 Å². The number of benzene rings is 1. The van der Waals surface area contributed by atoms with Crippen molar-refractivity contribution in [2.45, 2.75) is 5.03 Å². The van der Waals surface area contributed by atoms with Crippen LogP contribution in [0.5, 0.6) is 0 Å². The van der Waals surface area contributed by atoms with Crippen molar-refractivity contribution in [3.05, 3.63) is 46.3 Å². The molecule has 112 valence electrons. The van der Waals surface area contributed by atoms with Crippen LogP contribution in [0.3, 0.4) is 0 Å². The summed E-state index contributed by atoms with van der Waals surface area (Å²) in [6.07, 6.45) is 1.28. The zero-order chi connectivity index (χ0) is 15.6. The Kier molecular flexibility index (Phi) is 4.52. The molecule has 1 aromatic heterocycles. The van der Waals surface area contributed by atoms with E-state index in [0.29, 0.717) is 0 Å². The molecule has 21 heavy (non-hydrogen) atoms. The van der Waals surface area contributed by atoms with Crippen LogP contribution in [0.25, 0.3) is 0 Å². The van der Waals surface area contributed by atoms with Gasteiger partial charge in [-0.15, -0.1) is 0 Å². The van der Waals surface area contributed by atoms with Crippen molar-refractivity contribution in [2.24, 2.45) is 5.84 Å². The predicted octanol–water partition coefficient (Wildman–Crippen LogP) is 2.61. The first-order valence-corrected chi connectivity index (χ1v) is 7.68. The summed E-state index contributed by atoms with van der Waals surface area (Å²) in [7, 11) is -4.11. The molecule has 2 rings (SSSR count). The fourth-order valence-corrected chi connectivity index (χ4v) is 3.41. The monoisotopic (exact) mass is 350 g/mol. The minimum absolute atomic E-state index is 0.0827. The van der Waals surface area contributed by atoms with Crippen molar-refractivity contribution in [3.8, 4) is 0 Å². The lowest BCUT2D eigenvalue weighted by molar-refractivity contribution is 0.597. The lowest BCUT2D eigenvalue weighted by Gasteiger charge is -2.13. The maximum Gasteiger partial charge on any atom is 0.281 e. The second-order valence-electron chi connectivity index (χ2n) is 3.85. The zero-order valence-electron chi connectivity index (χ0n) is 10.3. The molecule has 10 heteroatoms. The first-order valence-electron chi connectivity index (χ1n) is 5.44. The predicted molar refractivity (Wildman–Crippen MR) is 79.3 cm³/mol. The van der Waals surface area contributed by atoms with Gasteiger partial charge < -0.3 is 5.43 Å². The highest BCUT2D eigenvalue weighted by molar-refractivity contribution is 7.92. The molecule has 0 spiro atoms. The molecule has 0 fully saturated rings. The van der Waals surface area contributed by atoms with Crippen LogP contribution in [0.1, 0.15) is 0 Å². The van der Waals surface area contributed by atoms with Gasteiger partial charge in [-0.05, 0) is 24.3 Å². The molecule has 0 amide bonds. The van der Waals surface area contributed by atoms with Gasteiger partial charge in [0.05, 0.1) is 21.4 Å². The molecule has 0 atom stereocenters. The van der Waals surface area contributed by atoms with Gasteiger partial charge in [0.25, 0.3) is 10.0 Å². The average molecular weight is 351 g/mol. The third kappa shape index (κ3) is 3.35. The molecule has 2 aromatic rings. The molecule has 6 nitrogen and oxygen atoms in total. The zero-order valence-corrected chi connectivity index (χ0v) is 12.6. The molecule has 0 bridgehead atoms. The van der Waals surface area contributed by atoms with Gasteiger partial charge in [-0.2, -0.15) is 8.42 Å². The number of hydrazine groups is 1. The molecule has 0 saturated heterocycles. The van der Waals surface area contributed by atoms with Gasteiger partial charge in [0.15, 0.2) is 0 Å². The summed E-state index contributed by atoms with van der Waals surface area (Å²) in [5.41, 5.74) is 2.16. The molecule has 0 radical (unpaired) electrons. The minimum Gasteiger partial charge on any atom is -0.321 e. The first-order chi connectivity index (χ1) is 9.85. The highest BCUT2D eigenvalue weighted by atomic mass is 35.5. The van der Waals surface area contributed by atoms with E-state index in [4.69, 9.17) is 29.0 Å². The van der Waals surface area contributed by atoms with Gasteiger partial charge in [0.1, 0.15) is 5.82 Å². The Morgan fingerprint density at radius 1 is 1.24 bits per heavy atom. The topological polar surface area (TPSA) is 97.1 Å². The van der Waals surface area contributed by atoms with Crippen molar-refractivity contribution < 1.29 is 12.8 Å². The van der Waals surface area contributed by atoms with Gasteiger partial charge >= 0.3 is 0 Å². The maximum absolute atomic E-state index is 13.1. The fraction of sp³-hybridized carbons (Fsp3) is 0. The number of rotatable bonds is 4. The van der Waals surface area contributed by atoms with Crippen molar-refractivity contribution in [1.29, 1.82) is 0 Å². The molecule has 0 aliphatic rings. The number of anilines is 2. The van der Waals surface area contributed by atoms with E-state index in [0.717, 1.165) is 12.1 Å². The number of hydrogen-bond donors (Lipinski definition) is 3. The smallest absolute Gasteiger partial charge is 0.281 e. The summed E-state index contributed by atoms with van der Waals surface area (Å²) in [5.74, 6) is 4.55. The maximum atomic E-state index is 13.1. The normalized spacial score (nSPS) is 11.2. The number of nitrogens with zero attached hydrogens (tertiary/aromatic N) is 1. The van der Waals surface area contributed by atoms with E-state index in [1.807, 2.05) is 0 Å². The third-order valence-electron chi connectivity index (χ3n) is 2.42. The van der Waals surface area contributed by atoms with Crippen molar-refractivity contribution in [3.63, 3.8) is 0 Å². The number of sulfonamides is 1. The molecular weight excluding hydrogens is 342 g/mol. The molecule has 0 unspecified atom stereocenters. The largest absolute Gasteiger partial charge is 0.321 e. The van der Waals surface area contributed by atoms with Crippen molar-refractivity contribution in [2.75, 3.05) is 10.1 Å². The highest BCUT2D eigenvalue weighted by Gasteiger charge is 2.22. The Morgan fingerprint density at radius 3 is 2.43 bits per heavy atom. The van der Waals surface area contributed by atoms with Crippen LogP contribution in [0.15, 0.2) is 35.5 Å². The van der Waals surface area contributed by atoms with E-state index in [-0.39, 0.29) is 26.4 Å². The van der Waals surface area contributed by atoms with Crippen LogP contribution in [0.4, 0.5) is 15.8 Å². The Morgan fingerprint density at radius 2 is 1.86 bits per heavy atom. The lowest BCUT2D eigenvalue weighted by atomic mass is 10.3. The number of halogens is 3. The average Bonchev–Trinajstić information content (AvgIpc) is 2.43. The summed E-state index contributed by atoms with van der Waals surface area (Å²) in [5, 5.41) is -0.701. The Balaban J connectivity index is 2.48. The van der Waals surface area contributed by atoms with Gasteiger partial charge in [0, 0.05) is 6.20 Å². The molecule has 1 aromatic carbocycles. The molecular formula is C11H9Cl2FN4O2S. The van der Waals surface area contributed by atoms with Crippen LogP contribution in [-0.2, 0) is 10.0 Å². The summed E-state index contributed by atoms with van der Waals surface area (Å²) >= 11 is 11.6. The van der Waals surface area contributed by atoms with Gasteiger partial charge in [0.2, 0.25) is 5.03 Å². The van der Waals surface area contributed by atoms with Gasteiger partial charge in [-0.3, -0.25) is 10.6 Å². The van der Waals surface area contributed by atoms with Crippen LogP contribution in [0, 0.1) is 5.82 Å².